The lowest BCUT2D eigenvalue weighted by molar-refractivity contribution is -0.138. The number of nitrogens with zero attached hydrogens (tertiary/aromatic N) is 1. The topological polar surface area (TPSA) is 58.6 Å². The number of piperidine rings is 1. The van der Waals surface area contributed by atoms with Crippen LogP contribution >= 0.6 is 0 Å². The van der Waals surface area contributed by atoms with Gasteiger partial charge < -0.3 is 15.0 Å². The molecule has 138 valence electrons. The van der Waals surface area contributed by atoms with Gasteiger partial charge in [-0.3, -0.25) is 9.59 Å². The largest absolute Gasteiger partial charge is 0.417 e. The normalized spacial score (nSPS) is 15.9. The molecule has 8 heteroatoms. The lowest BCUT2D eigenvalue weighted by Crippen LogP contribution is -2.47. The molecule has 2 rings (SSSR count). The number of rotatable bonds is 5. The molecule has 1 aromatic carbocycles. The van der Waals surface area contributed by atoms with Gasteiger partial charge in [-0.15, -0.1) is 0 Å². The fraction of sp³-hybridized carbons (Fsp3) is 0.529. The minimum absolute atomic E-state index is 0.0775. The lowest BCUT2D eigenvalue weighted by Gasteiger charge is -2.33. The predicted molar refractivity (Wildman–Crippen MR) is 85.0 cm³/mol. The van der Waals surface area contributed by atoms with Crippen LogP contribution in [0.4, 0.5) is 13.2 Å². The van der Waals surface area contributed by atoms with E-state index in [2.05, 4.69) is 5.32 Å². The van der Waals surface area contributed by atoms with Gasteiger partial charge in [0.2, 0.25) is 5.91 Å². The van der Waals surface area contributed by atoms with E-state index in [1.807, 2.05) is 0 Å². The van der Waals surface area contributed by atoms with Crippen LogP contribution in [0.3, 0.4) is 0 Å². The van der Waals surface area contributed by atoms with E-state index in [4.69, 9.17) is 4.74 Å². The van der Waals surface area contributed by atoms with Gasteiger partial charge in [0.05, 0.1) is 17.7 Å². The van der Waals surface area contributed by atoms with Gasteiger partial charge in [-0.2, -0.15) is 13.2 Å². The Bertz CT molecular complexity index is 611. The van der Waals surface area contributed by atoms with Crippen molar-refractivity contribution in [1.82, 2.24) is 10.2 Å². The number of hydrogen-bond donors (Lipinski definition) is 1. The maximum absolute atomic E-state index is 13.1. The number of benzene rings is 1. The number of ether oxygens (including phenoxy) is 1. The van der Waals surface area contributed by atoms with E-state index < -0.39 is 17.6 Å². The molecule has 0 aromatic heterocycles. The van der Waals surface area contributed by atoms with E-state index in [1.165, 1.54) is 30.2 Å². The first-order valence-corrected chi connectivity index (χ1v) is 8.06. The third kappa shape index (κ3) is 5.19. The number of alkyl halides is 3. The van der Waals surface area contributed by atoms with Crippen LogP contribution in [0.15, 0.2) is 24.3 Å². The number of amides is 2. The summed E-state index contributed by atoms with van der Waals surface area (Å²) in [4.78, 5) is 25.5. The standard InChI is InChI=1S/C17H21F3N2O3/c1-25-11-8-15(23)21-12-6-9-22(10-7-12)16(24)13-4-2-3-5-14(13)17(18,19)20/h2-5,12H,6-11H2,1H3,(H,21,23). The molecule has 1 saturated heterocycles. The Kier molecular flexibility index (Phi) is 6.41. The van der Waals surface area contributed by atoms with Crippen LogP contribution in [0.2, 0.25) is 0 Å². The summed E-state index contributed by atoms with van der Waals surface area (Å²) < 4.78 is 44.0. The van der Waals surface area contributed by atoms with Crippen molar-refractivity contribution in [2.45, 2.75) is 31.5 Å². The number of halogens is 3. The summed E-state index contributed by atoms with van der Waals surface area (Å²) in [5.41, 5.74) is -1.26. The van der Waals surface area contributed by atoms with E-state index in [9.17, 15) is 22.8 Å². The van der Waals surface area contributed by atoms with E-state index in [1.54, 1.807) is 0 Å². The number of hydrogen-bond acceptors (Lipinski definition) is 3. The second kappa shape index (κ2) is 8.33. The monoisotopic (exact) mass is 358 g/mol. The maximum atomic E-state index is 13.1. The molecule has 1 N–H and O–H groups in total. The molecule has 1 aromatic rings. The molecule has 5 nitrogen and oxygen atoms in total. The summed E-state index contributed by atoms with van der Waals surface area (Å²) in [7, 11) is 1.51. The van der Waals surface area contributed by atoms with Gasteiger partial charge in [-0.1, -0.05) is 12.1 Å². The summed E-state index contributed by atoms with van der Waals surface area (Å²) in [5, 5.41) is 2.85. The first-order chi connectivity index (χ1) is 11.8. The number of nitrogens with one attached hydrogen (secondary N) is 1. The predicted octanol–water partition coefficient (Wildman–Crippen LogP) is 2.46. The van der Waals surface area contributed by atoms with Crippen LogP contribution in [0.1, 0.15) is 35.2 Å². The van der Waals surface area contributed by atoms with Gasteiger partial charge in [0.15, 0.2) is 0 Å². The van der Waals surface area contributed by atoms with Gasteiger partial charge in [0, 0.05) is 32.7 Å². The van der Waals surface area contributed by atoms with Crippen molar-refractivity contribution in [1.29, 1.82) is 0 Å². The SMILES string of the molecule is COCCC(=O)NC1CCN(C(=O)c2ccccc2C(F)(F)F)CC1. The zero-order valence-corrected chi connectivity index (χ0v) is 13.9. The summed E-state index contributed by atoms with van der Waals surface area (Å²) in [6, 6.07) is 4.72. The Labute approximate surface area is 144 Å². The molecular formula is C17H21F3N2O3. The van der Waals surface area contributed by atoms with Crippen molar-refractivity contribution in [2.24, 2.45) is 0 Å². The molecule has 1 aliphatic heterocycles. The van der Waals surface area contributed by atoms with E-state index >= 15 is 0 Å². The zero-order valence-electron chi connectivity index (χ0n) is 13.9. The average molecular weight is 358 g/mol. The Hall–Kier alpha value is -2.09. The third-order valence-electron chi connectivity index (χ3n) is 4.14. The lowest BCUT2D eigenvalue weighted by atomic mass is 10.0. The van der Waals surface area contributed by atoms with Gasteiger partial charge >= 0.3 is 6.18 Å². The van der Waals surface area contributed by atoms with Crippen LogP contribution in [0.5, 0.6) is 0 Å². The van der Waals surface area contributed by atoms with Gasteiger partial charge in [0.25, 0.3) is 5.91 Å². The van der Waals surface area contributed by atoms with Crippen LogP contribution in [-0.2, 0) is 15.7 Å². The molecule has 1 fully saturated rings. The summed E-state index contributed by atoms with van der Waals surface area (Å²) in [6.45, 7) is 0.942. The Balaban J connectivity index is 1.95. The fourth-order valence-corrected chi connectivity index (χ4v) is 2.81. The van der Waals surface area contributed by atoms with Crippen molar-refractivity contribution < 1.29 is 27.5 Å². The second-order valence-electron chi connectivity index (χ2n) is 5.92. The van der Waals surface area contributed by atoms with Gasteiger partial charge in [0.1, 0.15) is 0 Å². The number of methoxy groups -OCH3 is 1. The highest BCUT2D eigenvalue weighted by Crippen LogP contribution is 2.32. The quantitative estimate of drug-likeness (QED) is 0.880. The van der Waals surface area contributed by atoms with Crippen LogP contribution in [0.25, 0.3) is 0 Å². The maximum Gasteiger partial charge on any atom is 0.417 e. The molecule has 2 amide bonds. The molecule has 0 atom stereocenters. The molecule has 0 saturated carbocycles. The Morgan fingerprint density at radius 2 is 1.88 bits per heavy atom. The van der Waals surface area contributed by atoms with Crippen LogP contribution in [0, 0.1) is 0 Å². The molecule has 1 heterocycles. The molecular weight excluding hydrogens is 337 g/mol. The fourth-order valence-electron chi connectivity index (χ4n) is 2.81. The van der Waals surface area contributed by atoms with Gasteiger partial charge in [-0.05, 0) is 25.0 Å². The highest BCUT2D eigenvalue weighted by molar-refractivity contribution is 5.96. The first kappa shape index (κ1) is 19.2. The van der Waals surface area contributed by atoms with Crippen LogP contribution < -0.4 is 5.32 Å². The molecule has 0 bridgehead atoms. The third-order valence-corrected chi connectivity index (χ3v) is 4.14. The van der Waals surface area contributed by atoms with Crippen LogP contribution in [-0.4, -0.2) is 49.6 Å². The molecule has 1 aliphatic rings. The summed E-state index contributed by atoms with van der Waals surface area (Å²) in [5.74, 6) is -0.758. The highest BCUT2D eigenvalue weighted by Gasteiger charge is 2.36. The van der Waals surface area contributed by atoms with Gasteiger partial charge in [-0.25, -0.2) is 0 Å². The first-order valence-electron chi connectivity index (χ1n) is 8.06. The van der Waals surface area contributed by atoms with E-state index in [0.717, 1.165) is 6.07 Å². The molecule has 0 aliphatic carbocycles. The molecule has 0 radical (unpaired) electrons. The number of carbonyl (C=O) groups is 2. The molecule has 0 unspecified atom stereocenters. The minimum atomic E-state index is -4.57. The van der Waals surface area contributed by atoms with Crippen molar-refractivity contribution >= 4 is 11.8 Å². The number of likely N-dealkylation sites (tertiary alicyclic amines) is 1. The van der Waals surface area contributed by atoms with E-state index in [-0.39, 0.29) is 23.9 Å². The Morgan fingerprint density at radius 3 is 2.48 bits per heavy atom. The van der Waals surface area contributed by atoms with E-state index in [0.29, 0.717) is 32.5 Å². The summed E-state index contributed by atoms with van der Waals surface area (Å²) in [6.07, 6.45) is -3.29. The smallest absolute Gasteiger partial charge is 0.384 e. The van der Waals surface area contributed by atoms with Crippen molar-refractivity contribution in [3.63, 3.8) is 0 Å². The second-order valence-corrected chi connectivity index (χ2v) is 5.92. The minimum Gasteiger partial charge on any atom is -0.384 e. The highest BCUT2D eigenvalue weighted by atomic mass is 19.4. The molecule has 25 heavy (non-hydrogen) atoms. The Morgan fingerprint density at radius 1 is 1.24 bits per heavy atom. The average Bonchev–Trinajstić information content (AvgIpc) is 2.59. The van der Waals surface area contributed by atoms with Crippen molar-refractivity contribution in [3.8, 4) is 0 Å². The summed E-state index contributed by atoms with van der Waals surface area (Å²) >= 11 is 0. The van der Waals surface area contributed by atoms with Crippen molar-refractivity contribution in [3.05, 3.63) is 35.4 Å². The zero-order chi connectivity index (χ0) is 18.4. The number of carbonyl (C=O) groups excluding carboxylic acids is 2. The van der Waals surface area contributed by atoms with Crippen molar-refractivity contribution in [2.75, 3.05) is 26.8 Å². The molecule has 0 spiro atoms.